The Bertz CT molecular complexity index is 373. The minimum atomic E-state index is -1.79. The quantitative estimate of drug-likeness (QED) is 0.563. The summed E-state index contributed by atoms with van der Waals surface area (Å²) in [4.78, 5) is 27.4. The first-order chi connectivity index (χ1) is 8.10. The van der Waals surface area contributed by atoms with Crippen molar-refractivity contribution in [2.45, 2.75) is 12.0 Å². The average Bonchev–Trinajstić information content (AvgIpc) is 2.86. The van der Waals surface area contributed by atoms with Crippen LogP contribution in [0.5, 0.6) is 0 Å². The minimum absolute atomic E-state index is 0.0215. The van der Waals surface area contributed by atoms with Crippen molar-refractivity contribution in [2.75, 3.05) is 21.3 Å². The van der Waals surface area contributed by atoms with Gasteiger partial charge in [0.1, 0.15) is 0 Å². The van der Waals surface area contributed by atoms with E-state index in [0.29, 0.717) is 5.69 Å². The molecule has 0 aromatic carbocycles. The van der Waals surface area contributed by atoms with Crippen molar-refractivity contribution in [3.05, 3.63) is 16.6 Å². The fourth-order valence-corrected chi connectivity index (χ4v) is 1.93. The molecule has 0 aliphatic heterocycles. The molecule has 0 aliphatic carbocycles. The number of nitrogens with zero attached hydrogens (tertiary/aromatic N) is 1. The predicted molar refractivity (Wildman–Crippen MR) is 59.6 cm³/mol. The molecular formula is C10H13NO5S. The summed E-state index contributed by atoms with van der Waals surface area (Å²) in [6.07, 6.45) is -0.0215. The van der Waals surface area contributed by atoms with Gasteiger partial charge < -0.3 is 14.2 Å². The maximum atomic E-state index is 11.7. The molecule has 0 fully saturated rings. The van der Waals surface area contributed by atoms with Crippen LogP contribution in [-0.2, 0) is 30.2 Å². The normalized spacial score (nSPS) is 11.0. The van der Waals surface area contributed by atoms with E-state index in [4.69, 9.17) is 4.74 Å². The average molecular weight is 259 g/mol. The van der Waals surface area contributed by atoms with Gasteiger partial charge in [-0.2, -0.15) is 0 Å². The third-order valence-corrected chi connectivity index (χ3v) is 2.93. The predicted octanol–water partition coefficient (Wildman–Crippen LogP) is 0.417. The Labute approximate surface area is 103 Å². The molecule has 0 saturated carbocycles. The Morgan fingerprint density at radius 3 is 2.24 bits per heavy atom. The number of hydrogen-bond acceptors (Lipinski definition) is 7. The smallest absolute Gasteiger partial charge is 0.350 e. The molecule has 6 nitrogen and oxygen atoms in total. The van der Waals surface area contributed by atoms with Crippen molar-refractivity contribution in [2.24, 2.45) is 0 Å². The van der Waals surface area contributed by atoms with E-state index in [0.717, 1.165) is 0 Å². The lowest BCUT2D eigenvalue weighted by atomic mass is 9.98. The van der Waals surface area contributed by atoms with Gasteiger partial charge in [-0.15, -0.1) is 11.3 Å². The van der Waals surface area contributed by atoms with Crippen LogP contribution in [0.1, 0.15) is 5.69 Å². The van der Waals surface area contributed by atoms with Crippen LogP contribution in [-0.4, -0.2) is 43.9 Å². The van der Waals surface area contributed by atoms with Crippen LogP contribution < -0.4 is 0 Å². The number of thiazole rings is 1. The molecule has 0 spiro atoms. The monoisotopic (exact) mass is 259 g/mol. The molecule has 0 aliphatic rings. The molecule has 17 heavy (non-hydrogen) atoms. The highest BCUT2D eigenvalue weighted by Gasteiger charge is 2.49. The summed E-state index contributed by atoms with van der Waals surface area (Å²) >= 11 is 1.36. The molecule has 0 N–H and O–H groups in total. The lowest BCUT2D eigenvalue weighted by Gasteiger charge is -2.25. The molecule has 0 amide bonds. The third-order valence-electron chi connectivity index (χ3n) is 2.29. The number of carbonyl (C=O) groups excluding carboxylic acids is 2. The molecule has 1 aromatic rings. The Hall–Kier alpha value is -1.47. The van der Waals surface area contributed by atoms with E-state index in [-0.39, 0.29) is 6.42 Å². The van der Waals surface area contributed by atoms with Gasteiger partial charge in [0.15, 0.2) is 0 Å². The lowest BCUT2D eigenvalue weighted by Crippen LogP contribution is -2.51. The zero-order valence-corrected chi connectivity index (χ0v) is 10.6. The van der Waals surface area contributed by atoms with Crippen molar-refractivity contribution < 1.29 is 23.8 Å². The fourth-order valence-electron chi connectivity index (χ4n) is 1.38. The second-order valence-corrected chi connectivity index (χ2v) is 3.89. The van der Waals surface area contributed by atoms with Crippen LogP contribution in [0.15, 0.2) is 10.9 Å². The molecule has 7 heteroatoms. The van der Waals surface area contributed by atoms with Gasteiger partial charge in [-0.25, -0.2) is 14.6 Å². The van der Waals surface area contributed by atoms with E-state index in [1.165, 1.54) is 32.7 Å². The van der Waals surface area contributed by atoms with E-state index in [9.17, 15) is 9.59 Å². The topological polar surface area (TPSA) is 74.7 Å². The number of methoxy groups -OCH3 is 3. The van der Waals surface area contributed by atoms with Gasteiger partial charge in [0.2, 0.25) is 0 Å². The highest BCUT2D eigenvalue weighted by atomic mass is 32.1. The largest absolute Gasteiger partial charge is 0.466 e. The van der Waals surface area contributed by atoms with Crippen molar-refractivity contribution in [1.82, 2.24) is 4.98 Å². The molecule has 0 bridgehead atoms. The summed E-state index contributed by atoms with van der Waals surface area (Å²) < 4.78 is 14.2. The number of esters is 2. The number of rotatable bonds is 5. The lowest BCUT2D eigenvalue weighted by molar-refractivity contribution is -0.184. The highest BCUT2D eigenvalue weighted by Crippen LogP contribution is 2.21. The zero-order chi connectivity index (χ0) is 12.9. The summed E-state index contributed by atoms with van der Waals surface area (Å²) in [5, 5.41) is 1.72. The Balaban J connectivity index is 3.07. The van der Waals surface area contributed by atoms with Crippen LogP contribution in [0.3, 0.4) is 0 Å². The van der Waals surface area contributed by atoms with Crippen molar-refractivity contribution in [3.63, 3.8) is 0 Å². The number of hydrogen-bond donors (Lipinski definition) is 0. The molecular weight excluding hydrogens is 246 g/mol. The van der Waals surface area contributed by atoms with Gasteiger partial charge in [0, 0.05) is 18.9 Å². The summed E-state index contributed by atoms with van der Waals surface area (Å²) in [6.45, 7) is 0. The second-order valence-electron chi connectivity index (χ2n) is 3.17. The summed E-state index contributed by atoms with van der Waals surface area (Å²) in [5.74, 6) is -1.61. The van der Waals surface area contributed by atoms with Crippen LogP contribution in [0.2, 0.25) is 0 Å². The first kappa shape index (κ1) is 13.6. The highest BCUT2D eigenvalue weighted by molar-refractivity contribution is 7.07. The van der Waals surface area contributed by atoms with Crippen molar-refractivity contribution >= 4 is 23.3 Å². The van der Waals surface area contributed by atoms with Crippen LogP contribution in [0.4, 0.5) is 0 Å². The Morgan fingerprint density at radius 1 is 1.29 bits per heavy atom. The second kappa shape index (κ2) is 5.74. The number of aromatic nitrogens is 1. The Kier molecular flexibility index (Phi) is 4.59. The molecule has 1 heterocycles. The fraction of sp³-hybridized carbons (Fsp3) is 0.500. The maximum Gasteiger partial charge on any atom is 0.350 e. The standard InChI is InChI=1S/C10H13NO5S/c1-14-8(12)10(16-3,9(13)15-2)4-7-5-17-6-11-7/h5-6H,4H2,1-3H3. The molecule has 94 valence electrons. The summed E-state index contributed by atoms with van der Waals surface area (Å²) in [6, 6.07) is 0. The minimum Gasteiger partial charge on any atom is -0.466 e. The van der Waals surface area contributed by atoms with E-state index >= 15 is 0 Å². The van der Waals surface area contributed by atoms with Crippen LogP contribution in [0.25, 0.3) is 0 Å². The molecule has 0 radical (unpaired) electrons. The van der Waals surface area contributed by atoms with Gasteiger partial charge in [-0.1, -0.05) is 0 Å². The van der Waals surface area contributed by atoms with Crippen LogP contribution in [0, 0.1) is 0 Å². The van der Waals surface area contributed by atoms with Gasteiger partial charge in [-0.05, 0) is 0 Å². The van der Waals surface area contributed by atoms with E-state index in [1.807, 2.05) is 0 Å². The van der Waals surface area contributed by atoms with Gasteiger partial charge in [-0.3, -0.25) is 0 Å². The maximum absolute atomic E-state index is 11.7. The van der Waals surface area contributed by atoms with Crippen LogP contribution >= 0.6 is 11.3 Å². The van der Waals surface area contributed by atoms with Crippen molar-refractivity contribution in [1.29, 1.82) is 0 Å². The third kappa shape index (κ3) is 2.62. The molecule has 1 aromatic heterocycles. The molecule has 0 saturated heterocycles. The summed E-state index contributed by atoms with van der Waals surface area (Å²) in [7, 11) is 3.61. The van der Waals surface area contributed by atoms with E-state index < -0.39 is 17.5 Å². The van der Waals surface area contributed by atoms with E-state index in [1.54, 1.807) is 10.9 Å². The zero-order valence-electron chi connectivity index (χ0n) is 9.76. The van der Waals surface area contributed by atoms with Gasteiger partial charge in [0.05, 0.1) is 25.4 Å². The SMILES string of the molecule is COC(=O)C(Cc1cscn1)(OC)C(=O)OC. The first-order valence-corrected chi connectivity index (χ1v) is 5.64. The van der Waals surface area contributed by atoms with Gasteiger partial charge in [0.25, 0.3) is 5.60 Å². The van der Waals surface area contributed by atoms with Gasteiger partial charge >= 0.3 is 11.9 Å². The van der Waals surface area contributed by atoms with Crippen molar-refractivity contribution in [3.8, 4) is 0 Å². The Morgan fingerprint density at radius 2 is 1.88 bits per heavy atom. The summed E-state index contributed by atoms with van der Waals surface area (Å²) in [5.41, 5.74) is 0.370. The first-order valence-electron chi connectivity index (χ1n) is 4.69. The number of ether oxygens (including phenoxy) is 3. The molecule has 0 atom stereocenters. The molecule has 1 rings (SSSR count). The molecule has 0 unspecified atom stereocenters. The van der Waals surface area contributed by atoms with E-state index in [2.05, 4.69) is 14.5 Å². The number of carbonyl (C=O) groups is 2.